The minimum atomic E-state index is -0.833. The van der Waals surface area contributed by atoms with E-state index in [1.165, 1.54) is 0 Å². The fourth-order valence-corrected chi connectivity index (χ4v) is 0. The fraction of sp³-hybridized carbons (Fsp3) is 0.667. The predicted octanol–water partition coefficient (Wildman–Crippen LogP) is -2.01. The summed E-state index contributed by atoms with van der Waals surface area (Å²) in [6.07, 6.45) is 0. The smallest absolute Gasteiger partial charge is 0.309 e. The summed E-state index contributed by atoms with van der Waals surface area (Å²) in [5.41, 5.74) is 8.50. The van der Waals surface area contributed by atoms with Gasteiger partial charge in [0.25, 0.3) is 0 Å². The van der Waals surface area contributed by atoms with Crippen LogP contribution in [0.3, 0.4) is 0 Å². The van der Waals surface area contributed by atoms with E-state index in [1.807, 2.05) is 0 Å². The lowest BCUT2D eigenvalue weighted by Crippen LogP contribution is -2.18. The number of primary amides is 2. The Morgan fingerprint density at radius 2 is 1.38 bits per heavy atom. The monoisotopic (exact) mass is 122 g/mol. The van der Waals surface area contributed by atoms with Gasteiger partial charge >= 0.3 is 6.03 Å². The van der Waals surface area contributed by atoms with Crippen LogP contribution in [-0.4, -0.2) is 29.5 Å². The molecule has 0 saturated heterocycles. The number of nitrogens with two attached hydrogens (primary N) is 2. The zero-order chi connectivity index (χ0) is 6.99. The third-order valence-corrected chi connectivity index (χ3v) is 0.1000. The lowest BCUT2D eigenvalue weighted by molar-refractivity contribution is 0.186. The average molecular weight is 122 g/mol. The molecule has 0 aromatic carbocycles. The SMILES string of the molecule is NC(N)=O.OCCO. The van der Waals surface area contributed by atoms with Crippen molar-refractivity contribution in [1.82, 2.24) is 0 Å². The summed E-state index contributed by atoms with van der Waals surface area (Å²) in [4.78, 5) is 9.00. The number of rotatable bonds is 1. The predicted molar refractivity (Wildman–Crippen MR) is 27.9 cm³/mol. The second-order valence-corrected chi connectivity index (χ2v) is 0.850. The highest BCUT2D eigenvalue weighted by atomic mass is 16.3. The molecule has 0 heterocycles. The third kappa shape index (κ3) is 2520. The molecule has 0 spiro atoms. The number of hydrogen-bond acceptors (Lipinski definition) is 3. The van der Waals surface area contributed by atoms with E-state index in [2.05, 4.69) is 11.5 Å². The Hall–Kier alpha value is -0.810. The molecular weight excluding hydrogens is 112 g/mol. The summed E-state index contributed by atoms with van der Waals surface area (Å²) in [6, 6.07) is -0.833. The molecule has 5 heteroatoms. The van der Waals surface area contributed by atoms with Gasteiger partial charge < -0.3 is 21.7 Å². The van der Waals surface area contributed by atoms with Crippen LogP contribution >= 0.6 is 0 Å². The molecule has 0 radical (unpaired) electrons. The molecule has 0 aromatic rings. The first-order chi connectivity index (χ1) is 3.65. The first-order valence-electron chi connectivity index (χ1n) is 1.91. The van der Waals surface area contributed by atoms with Crippen LogP contribution < -0.4 is 11.5 Å². The van der Waals surface area contributed by atoms with Crippen LogP contribution in [0.2, 0.25) is 0 Å². The van der Waals surface area contributed by atoms with E-state index < -0.39 is 6.03 Å². The maximum Gasteiger partial charge on any atom is 0.309 e. The Bertz CT molecular complexity index is 50.5. The van der Waals surface area contributed by atoms with Crippen LogP contribution in [0.5, 0.6) is 0 Å². The quantitative estimate of drug-likeness (QED) is 0.322. The molecule has 0 aliphatic carbocycles. The summed E-state index contributed by atoms with van der Waals surface area (Å²) in [5.74, 6) is 0. The largest absolute Gasteiger partial charge is 0.394 e. The van der Waals surface area contributed by atoms with Gasteiger partial charge in [0.05, 0.1) is 13.2 Å². The molecule has 0 fully saturated rings. The van der Waals surface area contributed by atoms with E-state index in [0.29, 0.717) is 0 Å². The zero-order valence-electron chi connectivity index (χ0n) is 4.37. The molecule has 0 aromatic heterocycles. The van der Waals surface area contributed by atoms with Crippen LogP contribution in [0.25, 0.3) is 0 Å². The molecule has 0 aliphatic heterocycles. The van der Waals surface area contributed by atoms with Gasteiger partial charge in [-0.15, -0.1) is 0 Å². The third-order valence-electron chi connectivity index (χ3n) is 0.1000. The maximum absolute atomic E-state index is 9.00. The molecule has 8 heavy (non-hydrogen) atoms. The minimum Gasteiger partial charge on any atom is -0.394 e. The van der Waals surface area contributed by atoms with Gasteiger partial charge in [-0.1, -0.05) is 0 Å². The van der Waals surface area contributed by atoms with Crippen molar-refractivity contribution in [3.05, 3.63) is 0 Å². The van der Waals surface area contributed by atoms with Crippen LogP contribution in [0.1, 0.15) is 0 Å². The molecule has 5 nitrogen and oxygen atoms in total. The molecule has 0 bridgehead atoms. The van der Waals surface area contributed by atoms with Crippen LogP contribution in [0.15, 0.2) is 0 Å². The molecule has 2 amide bonds. The maximum atomic E-state index is 9.00. The summed E-state index contributed by atoms with van der Waals surface area (Å²) in [5, 5.41) is 15.2. The average Bonchev–Trinajstić information content (AvgIpc) is 1.65. The van der Waals surface area contributed by atoms with E-state index in [9.17, 15) is 0 Å². The highest BCUT2D eigenvalue weighted by Gasteiger charge is 1.60. The molecule has 6 N–H and O–H groups in total. The van der Waals surface area contributed by atoms with Gasteiger partial charge in [0, 0.05) is 0 Å². The van der Waals surface area contributed by atoms with Crippen LogP contribution in [-0.2, 0) is 0 Å². The Kier molecular flexibility index (Phi) is 12.1. The topological polar surface area (TPSA) is 110 Å². The summed E-state index contributed by atoms with van der Waals surface area (Å²) < 4.78 is 0. The second-order valence-electron chi connectivity index (χ2n) is 0.850. The minimum absolute atomic E-state index is 0.125. The Morgan fingerprint density at radius 1 is 1.25 bits per heavy atom. The lowest BCUT2D eigenvalue weighted by atomic mass is 10.8. The molecule has 0 saturated carbocycles. The van der Waals surface area contributed by atoms with Crippen molar-refractivity contribution in [3.63, 3.8) is 0 Å². The highest BCUT2D eigenvalue weighted by molar-refractivity contribution is 5.69. The van der Waals surface area contributed by atoms with Gasteiger partial charge in [-0.05, 0) is 0 Å². The fourth-order valence-electron chi connectivity index (χ4n) is 0. The van der Waals surface area contributed by atoms with E-state index >= 15 is 0 Å². The van der Waals surface area contributed by atoms with Gasteiger partial charge in [0.15, 0.2) is 0 Å². The van der Waals surface area contributed by atoms with Crippen molar-refractivity contribution in [1.29, 1.82) is 0 Å². The standard InChI is InChI=1S/C2H6O2.CH4N2O/c3-1-2-4;2-1(3)4/h3-4H,1-2H2;(H4,2,3,4). The zero-order valence-corrected chi connectivity index (χ0v) is 4.37. The van der Waals surface area contributed by atoms with Crippen molar-refractivity contribution in [2.45, 2.75) is 0 Å². The van der Waals surface area contributed by atoms with Gasteiger partial charge in [0.2, 0.25) is 0 Å². The normalized spacial score (nSPS) is 6.75. The lowest BCUT2D eigenvalue weighted by Gasteiger charge is -1.70. The van der Waals surface area contributed by atoms with Crippen molar-refractivity contribution >= 4 is 6.03 Å². The number of aliphatic hydroxyl groups excluding tert-OH is 2. The molecule has 0 aliphatic rings. The Labute approximate surface area is 46.9 Å². The number of amides is 2. The number of carbonyl (C=O) groups is 1. The van der Waals surface area contributed by atoms with E-state index in [1.54, 1.807) is 0 Å². The first kappa shape index (κ1) is 10.2. The van der Waals surface area contributed by atoms with Crippen molar-refractivity contribution in [2.24, 2.45) is 11.5 Å². The van der Waals surface area contributed by atoms with Gasteiger partial charge in [-0.2, -0.15) is 0 Å². The molecule has 0 atom stereocenters. The number of carbonyl (C=O) groups excluding carboxylic acids is 1. The summed E-state index contributed by atoms with van der Waals surface area (Å²) in [7, 11) is 0. The number of hydrogen-bond donors (Lipinski definition) is 4. The van der Waals surface area contributed by atoms with Crippen molar-refractivity contribution < 1.29 is 15.0 Å². The van der Waals surface area contributed by atoms with Crippen molar-refractivity contribution in [2.75, 3.05) is 13.2 Å². The van der Waals surface area contributed by atoms with E-state index in [4.69, 9.17) is 15.0 Å². The number of urea groups is 1. The summed E-state index contributed by atoms with van der Waals surface area (Å²) in [6.45, 7) is -0.250. The summed E-state index contributed by atoms with van der Waals surface area (Å²) >= 11 is 0. The molecular formula is C3H10N2O3. The van der Waals surface area contributed by atoms with Gasteiger partial charge in [-0.25, -0.2) is 4.79 Å². The number of aliphatic hydroxyl groups is 2. The van der Waals surface area contributed by atoms with Gasteiger partial charge in [0.1, 0.15) is 0 Å². The van der Waals surface area contributed by atoms with Crippen molar-refractivity contribution in [3.8, 4) is 0 Å². The van der Waals surface area contributed by atoms with Crippen LogP contribution in [0, 0.1) is 0 Å². The van der Waals surface area contributed by atoms with E-state index in [0.717, 1.165) is 0 Å². The first-order valence-corrected chi connectivity index (χ1v) is 1.91. The van der Waals surface area contributed by atoms with Gasteiger partial charge in [-0.3, -0.25) is 0 Å². The molecule has 50 valence electrons. The highest BCUT2D eigenvalue weighted by Crippen LogP contribution is 1.39. The Balaban J connectivity index is 0. The second kappa shape index (κ2) is 9.50. The Morgan fingerprint density at radius 3 is 1.38 bits per heavy atom. The molecule has 0 unspecified atom stereocenters. The van der Waals surface area contributed by atoms with E-state index in [-0.39, 0.29) is 13.2 Å². The van der Waals surface area contributed by atoms with Crippen LogP contribution in [0.4, 0.5) is 4.79 Å². The molecule has 0 rings (SSSR count).